The molecule has 18 heavy (non-hydrogen) atoms. The zero-order valence-electron chi connectivity index (χ0n) is 11.3. The van der Waals surface area contributed by atoms with Gasteiger partial charge < -0.3 is 0 Å². The molecule has 94 valence electrons. The fraction of sp³-hybridized carbons (Fsp3) is 0.250. The summed E-state index contributed by atoms with van der Waals surface area (Å²) in [5.41, 5.74) is 1.01. The van der Waals surface area contributed by atoms with E-state index in [-0.39, 0.29) is 11.6 Å². The Morgan fingerprint density at radius 2 is 1.11 bits per heavy atom. The molecule has 2 aromatic rings. The molecule has 0 aromatic heterocycles. The maximum atomic E-state index is 11.5. The van der Waals surface area contributed by atoms with E-state index in [0.717, 1.165) is 10.8 Å². The van der Waals surface area contributed by atoms with Gasteiger partial charge in [0.05, 0.1) is 0 Å². The predicted octanol–water partition coefficient (Wildman–Crippen LogP) is 4.27. The van der Waals surface area contributed by atoms with Gasteiger partial charge in [0.15, 0.2) is 11.6 Å². The molecule has 0 saturated heterocycles. The third-order valence-corrected chi connectivity index (χ3v) is 2.64. The number of carbonyl (C=O) groups excluding carboxylic acids is 2. The first kappa shape index (κ1) is 14.1. The number of fused-ring (bicyclic) bond motifs is 1. The fourth-order valence-electron chi connectivity index (χ4n) is 1.82. The Morgan fingerprint density at radius 3 is 1.39 bits per heavy atom. The summed E-state index contributed by atoms with van der Waals surface area (Å²) in [7, 11) is 0. The number of ketones is 2. The average Bonchev–Trinajstić information content (AvgIpc) is 2.39. The maximum absolute atomic E-state index is 11.5. The van der Waals surface area contributed by atoms with Gasteiger partial charge in [0, 0.05) is 11.1 Å². The highest BCUT2D eigenvalue weighted by atomic mass is 16.1. The van der Waals surface area contributed by atoms with Crippen LogP contribution in [0.1, 0.15) is 48.4 Å². The van der Waals surface area contributed by atoms with Crippen molar-refractivity contribution in [3.8, 4) is 0 Å². The Labute approximate surface area is 108 Å². The number of rotatable bonds is 2. The summed E-state index contributed by atoms with van der Waals surface area (Å²) in [5.74, 6) is -0.146. The molecular formula is C16H18O2. The van der Waals surface area contributed by atoms with E-state index in [0.29, 0.717) is 11.1 Å². The van der Waals surface area contributed by atoms with Crippen molar-refractivity contribution in [1.82, 2.24) is 0 Å². The molecular weight excluding hydrogens is 224 g/mol. The Kier molecular flexibility index (Phi) is 4.78. The molecule has 0 amide bonds. The SMILES string of the molecule is CC.CC(=O)c1cc2ccccc2cc1C(C)=O. The maximum Gasteiger partial charge on any atom is 0.160 e. The minimum atomic E-state index is -0.0732. The topological polar surface area (TPSA) is 34.1 Å². The van der Waals surface area contributed by atoms with Crippen LogP contribution >= 0.6 is 0 Å². The number of carbonyl (C=O) groups is 2. The Balaban J connectivity index is 0.000000771. The van der Waals surface area contributed by atoms with Crippen molar-refractivity contribution in [2.24, 2.45) is 0 Å². The van der Waals surface area contributed by atoms with Gasteiger partial charge >= 0.3 is 0 Å². The summed E-state index contributed by atoms with van der Waals surface area (Å²) < 4.78 is 0. The summed E-state index contributed by atoms with van der Waals surface area (Å²) in [5, 5.41) is 1.97. The Hall–Kier alpha value is -1.96. The third-order valence-electron chi connectivity index (χ3n) is 2.64. The van der Waals surface area contributed by atoms with E-state index in [9.17, 15) is 9.59 Å². The van der Waals surface area contributed by atoms with Crippen LogP contribution in [0.15, 0.2) is 36.4 Å². The van der Waals surface area contributed by atoms with Gasteiger partial charge in [0.25, 0.3) is 0 Å². The van der Waals surface area contributed by atoms with Crippen LogP contribution in [0.25, 0.3) is 10.8 Å². The van der Waals surface area contributed by atoms with E-state index in [1.165, 1.54) is 13.8 Å². The second-order valence-electron chi connectivity index (χ2n) is 3.86. The first-order chi connectivity index (χ1) is 8.59. The van der Waals surface area contributed by atoms with Gasteiger partial charge in [0.2, 0.25) is 0 Å². The van der Waals surface area contributed by atoms with E-state index in [1.807, 2.05) is 38.1 Å². The van der Waals surface area contributed by atoms with Crippen LogP contribution in [0.5, 0.6) is 0 Å². The standard InChI is InChI=1S/C14H12O2.C2H6/c1-9(15)13-7-11-5-3-4-6-12(11)8-14(13)10(2)16;1-2/h3-8H,1-2H3;1-2H3. The molecule has 2 heteroatoms. The van der Waals surface area contributed by atoms with Crippen molar-refractivity contribution in [1.29, 1.82) is 0 Å². The first-order valence-corrected chi connectivity index (χ1v) is 6.14. The van der Waals surface area contributed by atoms with Gasteiger partial charge in [0.1, 0.15) is 0 Å². The highest BCUT2D eigenvalue weighted by Crippen LogP contribution is 2.21. The molecule has 0 unspecified atom stereocenters. The molecule has 0 radical (unpaired) electrons. The molecule has 2 aromatic carbocycles. The van der Waals surface area contributed by atoms with Crippen molar-refractivity contribution < 1.29 is 9.59 Å². The molecule has 0 atom stereocenters. The molecule has 0 aliphatic heterocycles. The minimum Gasteiger partial charge on any atom is -0.294 e. The molecule has 0 fully saturated rings. The zero-order valence-corrected chi connectivity index (χ0v) is 11.3. The van der Waals surface area contributed by atoms with E-state index >= 15 is 0 Å². The molecule has 0 aliphatic carbocycles. The molecule has 2 rings (SSSR count). The lowest BCUT2D eigenvalue weighted by atomic mass is 9.96. The third kappa shape index (κ3) is 2.83. The summed E-state index contributed by atoms with van der Waals surface area (Å²) in [6, 6.07) is 11.3. The Bertz CT molecular complexity index is 530. The lowest BCUT2D eigenvalue weighted by molar-refractivity contribution is 0.0981. The normalized spacial score (nSPS) is 9.56. The number of hydrogen-bond acceptors (Lipinski definition) is 2. The summed E-state index contributed by atoms with van der Waals surface area (Å²) >= 11 is 0. The van der Waals surface area contributed by atoms with Crippen LogP contribution < -0.4 is 0 Å². The van der Waals surface area contributed by atoms with E-state index in [4.69, 9.17) is 0 Å². The lowest BCUT2D eigenvalue weighted by Crippen LogP contribution is -2.03. The lowest BCUT2D eigenvalue weighted by Gasteiger charge is -2.06. The highest BCUT2D eigenvalue weighted by Gasteiger charge is 2.12. The van der Waals surface area contributed by atoms with Crippen molar-refractivity contribution in [3.05, 3.63) is 47.5 Å². The van der Waals surface area contributed by atoms with Crippen molar-refractivity contribution in [2.75, 3.05) is 0 Å². The van der Waals surface area contributed by atoms with Gasteiger partial charge in [-0.2, -0.15) is 0 Å². The van der Waals surface area contributed by atoms with Gasteiger partial charge in [-0.25, -0.2) is 0 Å². The second-order valence-corrected chi connectivity index (χ2v) is 3.86. The van der Waals surface area contributed by atoms with E-state index in [2.05, 4.69) is 0 Å². The molecule has 0 saturated carbocycles. The van der Waals surface area contributed by atoms with Crippen LogP contribution in [0.3, 0.4) is 0 Å². The Morgan fingerprint density at radius 1 is 0.778 bits per heavy atom. The predicted molar refractivity (Wildman–Crippen MR) is 75.3 cm³/mol. The first-order valence-electron chi connectivity index (χ1n) is 6.14. The largest absolute Gasteiger partial charge is 0.294 e. The molecule has 2 nitrogen and oxygen atoms in total. The summed E-state index contributed by atoms with van der Waals surface area (Å²) in [4.78, 5) is 22.9. The smallest absolute Gasteiger partial charge is 0.160 e. The van der Waals surface area contributed by atoms with Gasteiger partial charge in [-0.1, -0.05) is 38.1 Å². The number of Topliss-reactive ketones (excluding diaryl/α,β-unsaturated/α-hetero) is 2. The second kappa shape index (κ2) is 6.10. The highest BCUT2D eigenvalue weighted by molar-refractivity contribution is 6.10. The van der Waals surface area contributed by atoms with Gasteiger partial charge in [-0.05, 0) is 36.8 Å². The van der Waals surface area contributed by atoms with E-state index in [1.54, 1.807) is 12.1 Å². The van der Waals surface area contributed by atoms with Crippen molar-refractivity contribution >= 4 is 22.3 Å². The molecule has 0 bridgehead atoms. The average molecular weight is 242 g/mol. The quantitative estimate of drug-likeness (QED) is 0.737. The summed E-state index contributed by atoms with van der Waals surface area (Å²) in [6.45, 7) is 6.97. The minimum absolute atomic E-state index is 0.0732. The van der Waals surface area contributed by atoms with Gasteiger partial charge in [-0.3, -0.25) is 9.59 Å². The van der Waals surface area contributed by atoms with Crippen LogP contribution in [0, 0.1) is 0 Å². The molecule has 0 N–H and O–H groups in total. The van der Waals surface area contributed by atoms with Crippen LogP contribution in [0.4, 0.5) is 0 Å². The monoisotopic (exact) mass is 242 g/mol. The number of hydrogen-bond donors (Lipinski definition) is 0. The van der Waals surface area contributed by atoms with Gasteiger partial charge in [-0.15, -0.1) is 0 Å². The van der Waals surface area contributed by atoms with Crippen LogP contribution in [-0.2, 0) is 0 Å². The fourth-order valence-corrected chi connectivity index (χ4v) is 1.82. The summed E-state index contributed by atoms with van der Waals surface area (Å²) in [6.07, 6.45) is 0. The molecule has 0 heterocycles. The molecule has 0 aliphatic rings. The molecule has 0 spiro atoms. The van der Waals surface area contributed by atoms with Crippen LogP contribution in [-0.4, -0.2) is 11.6 Å². The van der Waals surface area contributed by atoms with Crippen LogP contribution in [0.2, 0.25) is 0 Å². The zero-order chi connectivity index (χ0) is 13.7. The van der Waals surface area contributed by atoms with Crippen molar-refractivity contribution in [2.45, 2.75) is 27.7 Å². The number of benzene rings is 2. The van der Waals surface area contributed by atoms with Crippen molar-refractivity contribution in [3.63, 3.8) is 0 Å². The van der Waals surface area contributed by atoms with E-state index < -0.39 is 0 Å².